The molecule has 0 radical (unpaired) electrons. The van der Waals surface area contributed by atoms with Crippen molar-refractivity contribution in [2.24, 2.45) is 5.92 Å². The van der Waals surface area contributed by atoms with E-state index in [9.17, 15) is 0 Å². The molecule has 2 heterocycles. The van der Waals surface area contributed by atoms with Gasteiger partial charge in [-0.1, -0.05) is 0 Å². The van der Waals surface area contributed by atoms with Gasteiger partial charge in [0.05, 0.1) is 0 Å². The van der Waals surface area contributed by atoms with Gasteiger partial charge < -0.3 is 10.2 Å². The van der Waals surface area contributed by atoms with Crippen LogP contribution in [0.4, 0.5) is 0 Å². The molecule has 0 aromatic heterocycles. The van der Waals surface area contributed by atoms with Crippen LogP contribution in [0.3, 0.4) is 0 Å². The van der Waals surface area contributed by atoms with Crippen LogP contribution in [0.25, 0.3) is 0 Å². The van der Waals surface area contributed by atoms with Crippen molar-refractivity contribution in [2.75, 3.05) is 26.2 Å². The van der Waals surface area contributed by atoms with E-state index >= 15 is 0 Å². The summed E-state index contributed by atoms with van der Waals surface area (Å²) < 4.78 is 0. The maximum absolute atomic E-state index is 3.65. The lowest BCUT2D eigenvalue weighted by atomic mass is 9.94. The Bertz CT molecular complexity index is 238. The molecule has 2 aliphatic rings. The molecule has 2 rings (SSSR count). The lowest BCUT2D eigenvalue weighted by Crippen LogP contribution is -2.44. The van der Waals surface area contributed by atoms with Gasteiger partial charge in [-0.05, 0) is 38.8 Å². The fourth-order valence-corrected chi connectivity index (χ4v) is 2.67. The molecule has 2 saturated heterocycles. The van der Waals surface area contributed by atoms with Crippen LogP contribution in [0.2, 0.25) is 0 Å². The summed E-state index contributed by atoms with van der Waals surface area (Å²) in [5.41, 5.74) is 0. The molecule has 2 aliphatic heterocycles. The van der Waals surface area contributed by atoms with Crippen molar-refractivity contribution >= 4 is 0 Å². The second kappa shape index (κ2) is 4.82. The van der Waals surface area contributed by atoms with Crippen molar-refractivity contribution in [1.29, 1.82) is 0 Å². The summed E-state index contributed by atoms with van der Waals surface area (Å²) in [4.78, 5) is 2.59. The minimum Gasteiger partial charge on any atom is -0.313 e. The van der Waals surface area contributed by atoms with Crippen LogP contribution >= 0.6 is 0 Å². The Morgan fingerprint density at radius 2 is 2.21 bits per heavy atom. The van der Waals surface area contributed by atoms with Crippen molar-refractivity contribution in [2.45, 2.75) is 32.2 Å². The minimum absolute atomic E-state index is 0.771. The highest BCUT2D eigenvalue weighted by molar-refractivity contribution is 4.96. The molecule has 1 N–H and O–H groups in total. The summed E-state index contributed by atoms with van der Waals surface area (Å²) in [5, 5.41) is 3.65. The van der Waals surface area contributed by atoms with Gasteiger partial charge >= 0.3 is 0 Å². The quantitative estimate of drug-likeness (QED) is 0.532. The molecule has 14 heavy (non-hydrogen) atoms. The van der Waals surface area contributed by atoms with Crippen molar-refractivity contribution in [3.8, 4) is 11.8 Å². The van der Waals surface area contributed by atoms with E-state index in [0.29, 0.717) is 0 Å². The van der Waals surface area contributed by atoms with E-state index in [4.69, 9.17) is 0 Å². The van der Waals surface area contributed by atoms with E-state index in [2.05, 4.69) is 22.1 Å². The predicted octanol–water partition coefficient (Wildman–Crippen LogP) is 1.08. The molecule has 2 bridgehead atoms. The number of fused-ring (bicyclic) bond motifs is 2. The number of rotatable bonds is 3. The number of hydrogen-bond donors (Lipinski definition) is 1. The maximum atomic E-state index is 3.65. The average Bonchev–Trinajstić information content (AvgIpc) is 2.59. The average molecular weight is 192 g/mol. The van der Waals surface area contributed by atoms with Crippen LogP contribution in [0.1, 0.15) is 26.2 Å². The summed E-state index contributed by atoms with van der Waals surface area (Å²) in [6.07, 6.45) is 3.74. The highest BCUT2D eigenvalue weighted by Gasteiger charge is 2.33. The molecule has 0 saturated carbocycles. The molecule has 3 unspecified atom stereocenters. The van der Waals surface area contributed by atoms with E-state index in [1.807, 2.05) is 6.92 Å². The van der Waals surface area contributed by atoms with Crippen LogP contribution < -0.4 is 5.32 Å². The zero-order chi connectivity index (χ0) is 9.80. The third-order valence-electron chi connectivity index (χ3n) is 3.47. The van der Waals surface area contributed by atoms with Crippen molar-refractivity contribution in [1.82, 2.24) is 10.2 Å². The molecule has 0 spiro atoms. The fourth-order valence-electron chi connectivity index (χ4n) is 2.67. The summed E-state index contributed by atoms with van der Waals surface area (Å²) in [6, 6.07) is 0.771. The van der Waals surface area contributed by atoms with Crippen LogP contribution in [0.5, 0.6) is 0 Å². The SMILES string of the molecule is CC#CCCNC1CCN2CCC1C2. The Morgan fingerprint density at radius 3 is 3.07 bits per heavy atom. The number of nitrogens with zero attached hydrogens (tertiary/aromatic N) is 1. The normalized spacial score (nSPS) is 35.1. The first-order valence-electron chi connectivity index (χ1n) is 5.75. The predicted molar refractivity (Wildman–Crippen MR) is 59.0 cm³/mol. The Hall–Kier alpha value is -0.520. The Morgan fingerprint density at radius 1 is 1.36 bits per heavy atom. The van der Waals surface area contributed by atoms with Gasteiger partial charge in [-0.25, -0.2) is 0 Å². The largest absolute Gasteiger partial charge is 0.313 e. The number of piperidine rings is 1. The minimum atomic E-state index is 0.771. The third kappa shape index (κ3) is 2.29. The molecular formula is C12H20N2. The molecule has 2 heteroatoms. The Kier molecular flexibility index (Phi) is 3.44. The highest BCUT2D eigenvalue weighted by atomic mass is 15.2. The van der Waals surface area contributed by atoms with Gasteiger partial charge in [-0.2, -0.15) is 0 Å². The maximum Gasteiger partial charge on any atom is 0.0214 e. The molecule has 0 aromatic carbocycles. The lowest BCUT2D eigenvalue weighted by Gasteiger charge is -2.30. The van der Waals surface area contributed by atoms with Crippen LogP contribution in [-0.4, -0.2) is 37.1 Å². The molecule has 2 nitrogen and oxygen atoms in total. The smallest absolute Gasteiger partial charge is 0.0214 e. The van der Waals surface area contributed by atoms with E-state index in [1.54, 1.807) is 0 Å². The van der Waals surface area contributed by atoms with E-state index in [0.717, 1.165) is 24.9 Å². The second-order valence-electron chi connectivity index (χ2n) is 4.38. The van der Waals surface area contributed by atoms with Crippen molar-refractivity contribution < 1.29 is 0 Å². The first-order valence-corrected chi connectivity index (χ1v) is 5.75. The van der Waals surface area contributed by atoms with Gasteiger partial charge in [0.1, 0.15) is 0 Å². The van der Waals surface area contributed by atoms with Gasteiger partial charge in [-0.15, -0.1) is 11.8 Å². The van der Waals surface area contributed by atoms with Crippen LogP contribution in [0.15, 0.2) is 0 Å². The topological polar surface area (TPSA) is 15.3 Å². The molecule has 78 valence electrons. The van der Waals surface area contributed by atoms with Crippen molar-refractivity contribution in [3.63, 3.8) is 0 Å². The van der Waals surface area contributed by atoms with E-state index in [1.165, 1.54) is 32.5 Å². The monoisotopic (exact) mass is 192 g/mol. The third-order valence-corrected chi connectivity index (χ3v) is 3.47. The highest BCUT2D eigenvalue weighted by Crippen LogP contribution is 2.26. The number of hydrogen-bond acceptors (Lipinski definition) is 2. The van der Waals surface area contributed by atoms with Crippen LogP contribution in [-0.2, 0) is 0 Å². The summed E-state index contributed by atoms with van der Waals surface area (Å²) in [5.74, 6) is 6.96. The zero-order valence-electron chi connectivity index (χ0n) is 9.05. The summed E-state index contributed by atoms with van der Waals surface area (Å²) in [6.45, 7) is 6.94. The molecule has 0 aromatic rings. The molecule has 2 fully saturated rings. The number of nitrogens with one attached hydrogen (secondary N) is 1. The molecule has 0 aliphatic carbocycles. The lowest BCUT2D eigenvalue weighted by molar-refractivity contribution is 0.222. The van der Waals surface area contributed by atoms with Gasteiger partial charge in [0.2, 0.25) is 0 Å². The first-order chi connectivity index (χ1) is 6.90. The van der Waals surface area contributed by atoms with E-state index in [-0.39, 0.29) is 0 Å². The first kappa shape index (κ1) is 10.0. The van der Waals surface area contributed by atoms with Gasteiger partial charge in [-0.3, -0.25) is 0 Å². The van der Waals surface area contributed by atoms with Gasteiger partial charge in [0, 0.05) is 25.6 Å². The zero-order valence-corrected chi connectivity index (χ0v) is 9.05. The molecule has 0 amide bonds. The Labute approximate surface area is 87.1 Å². The van der Waals surface area contributed by atoms with E-state index < -0.39 is 0 Å². The van der Waals surface area contributed by atoms with Crippen LogP contribution in [0, 0.1) is 17.8 Å². The second-order valence-corrected chi connectivity index (χ2v) is 4.38. The van der Waals surface area contributed by atoms with Gasteiger partial charge in [0.25, 0.3) is 0 Å². The van der Waals surface area contributed by atoms with Gasteiger partial charge in [0.15, 0.2) is 0 Å². The summed E-state index contributed by atoms with van der Waals surface area (Å²) in [7, 11) is 0. The summed E-state index contributed by atoms with van der Waals surface area (Å²) >= 11 is 0. The van der Waals surface area contributed by atoms with Crippen molar-refractivity contribution in [3.05, 3.63) is 0 Å². The standard InChI is InChI=1S/C12H20N2/c1-2-3-4-7-13-12-6-9-14-8-5-11(12)10-14/h11-13H,4-10H2,1H3. The fraction of sp³-hybridized carbons (Fsp3) is 0.833. The molecule has 3 atom stereocenters. The molecular weight excluding hydrogens is 172 g/mol. The Balaban J connectivity index is 1.71.